The number of ether oxygens (including phenoxy) is 3. The standard InChI is InChI=1S/C23H29NO5Si/c1-27-18-10-6-15-5-7-16-8-9-17(25)21-23(16,19(15)20(18)29-21)11-12-24-22(26)28-13-14-30(2,3)4/h6-10,21H,5,11-14H2,1-4H3,(H,24,26)/t21-,23-/m0/s1. The van der Waals surface area contributed by atoms with E-state index in [0.717, 1.165) is 29.2 Å². The number of rotatable bonds is 7. The summed E-state index contributed by atoms with van der Waals surface area (Å²) >= 11 is 0. The van der Waals surface area contributed by atoms with Crippen LogP contribution in [0.3, 0.4) is 0 Å². The molecule has 0 unspecified atom stereocenters. The van der Waals surface area contributed by atoms with Crippen LogP contribution in [0, 0.1) is 0 Å². The van der Waals surface area contributed by atoms with Crippen molar-refractivity contribution in [1.29, 1.82) is 0 Å². The van der Waals surface area contributed by atoms with Gasteiger partial charge in [0.15, 0.2) is 23.4 Å². The van der Waals surface area contributed by atoms with Gasteiger partial charge >= 0.3 is 6.09 Å². The van der Waals surface area contributed by atoms with Crippen LogP contribution in [0.5, 0.6) is 11.5 Å². The molecule has 1 heterocycles. The zero-order valence-corrected chi connectivity index (χ0v) is 19.0. The second kappa shape index (κ2) is 7.61. The molecular formula is C23H29NO5Si. The third-order valence-corrected chi connectivity index (χ3v) is 7.88. The molecule has 2 aliphatic carbocycles. The lowest BCUT2D eigenvalue weighted by Crippen LogP contribution is -2.49. The number of allylic oxidation sites excluding steroid dienone is 2. The SMILES string of the molecule is COc1ccc2c3c1O[C@H]1C(=O)C=CC(=CC2)[C@@]31CCNC(=O)OCC[Si](C)(C)C. The Morgan fingerprint density at radius 1 is 1.30 bits per heavy atom. The molecule has 1 aromatic rings. The number of ketones is 1. The van der Waals surface area contributed by atoms with E-state index in [1.165, 1.54) is 0 Å². The largest absolute Gasteiger partial charge is 0.493 e. The number of alkyl carbamates (subject to hydrolysis) is 1. The Morgan fingerprint density at radius 2 is 2.10 bits per heavy atom. The highest BCUT2D eigenvalue weighted by Crippen LogP contribution is 2.58. The second-order valence-electron chi connectivity index (χ2n) is 9.32. The summed E-state index contributed by atoms with van der Waals surface area (Å²) in [5, 5.41) is 2.87. The molecule has 1 amide bonds. The molecule has 2 atom stereocenters. The van der Waals surface area contributed by atoms with Gasteiger partial charge in [-0.15, -0.1) is 0 Å². The Labute approximate surface area is 178 Å². The van der Waals surface area contributed by atoms with Crippen LogP contribution in [0.1, 0.15) is 17.5 Å². The molecule has 1 aliphatic heterocycles. The van der Waals surface area contributed by atoms with E-state index in [1.54, 1.807) is 13.2 Å². The lowest BCUT2D eigenvalue weighted by molar-refractivity contribution is -0.122. The van der Waals surface area contributed by atoms with Gasteiger partial charge in [-0.2, -0.15) is 0 Å². The van der Waals surface area contributed by atoms with Crippen molar-refractivity contribution in [2.24, 2.45) is 0 Å². The molecule has 0 radical (unpaired) electrons. The fourth-order valence-electron chi connectivity index (χ4n) is 4.63. The number of hydrogen-bond acceptors (Lipinski definition) is 5. The van der Waals surface area contributed by atoms with Crippen LogP contribution >= 0.6 is 0 Å². The molecule has 30 heavy (non-hydrogen) atoms. The van der Waals surface area contributed by atoms with Crippen molar-refractivity contribution in [2.75, 3.05) is 20.3 Å². The highest BCUT2D eigenvalue weighted by molar-refractivity contribution is 6.76. The number of hydrogen-bond donors (Lipinski definition) is 1. The highest BCUT2D eigenvalue weighted by Gasteiger charge is 2.57. The Balaban J connectivity index is 1.55. The quantitative estimate of drug-likeness (QED) is 0.671. The van der Waals surface area contributed by atoms with Crippen LogP contribution in [-0.2, 0) is 21.4 Å². The fraction of sp³-hybridized carbons (Fsp3) is 0.478. The minimum atomic E-state index is -1.25. The van der Waals surface area contributed by atoms with Gasteiger partial charge < -0.3 is 19.5 Å². The molecular weight excluding hydrogens is 398 g/mol. The summed E-state index contributed by atoms with van der Waals surface area (Å²) in [6, 6.07) is 4.87. The smallest absolute Gasteiger partial charge is 0.407 e. The summed E-state index contributed by atoms with van der Waals surface area (Å²) in [6.07, 6.45) is 5.94. The first-order valence-corrected chi connectivity index (χ1v) is 14.2. The lowest BCUT2D eigenvalue weighted by atomic mass is 9.61. The maximum atomic E-state index is 12.8. The van der Waals surface area contributed by atoms with Gasteiger partial charge in [0.2, 0.25) is 0 Å². The number of nitrogens with one attached hydrogen (secondary N) is 1. The Bertz CT molecular complexity index is 946. The van der Waals surface area contributed by atoms with Gasteiger partial charge in [-0.25, -0.2) is 4.79 Å². The van der Waals surface area contributed by atoms with E-state index in [1.807, 2.05) is 18.2 Å². The van der Waals surface area contributed by atoms with Crippen molar-refractivity contribution in [3.05, 3.63) is 47.1 Å². The van der Waals surface area contributed by atoms with Gasteiger partial charge in [-0.05, 0) is 42.2 Å². The lowest BCUT2D eigenvalue weighted by Gasteiger charge is -2.40. The molecule has 0 aromatic heterocycles. The van der Waals surface area contributed by atoms with E-state index in [4.69, 9.17) is 14.2 Å². The van der Waals surface area contributed by atoms with Gasteiger partial charge in [0.25, 0.3) is 0 Å². The van der Waals surface area contributed by atoms with Crippen LogP contribution in [0.25, 0.3) is 0 Å². The van der Waals surface area contributed by atoms with Crippen molar-refractivity contribution >= 4 is 20.0 Å². The second-order valence-corrected chi connectivity index (χ2v) is 14.9. The van der Waals surface area contributed by atoms with Crippen molar-refractivity contribution in [3.63, 3.8) is 0 Å². The van der Waals surface area contributed by atoms with Crippen LogP contribution in [0.15, 0.2) is 35.9 Å². The first-order chi connectivity index (χ1) is 14.3. The van der Waals surface area contributed by atoms with Crippen LogP contribution in [0.4, 0.5) is 4.79 Å². The predicted molar refractivity (Wildman–Crippen MR) is 117 cm³/mol. The Morgan fingerprint density at radius 3 is 2.83 bits per heavy atom. The molecule has 3 aliphatic rings. The number of carbonyl (C=O) groups is 2. The van der Waals surface area contributed by atoms with Crippen LogP contribution < -0.4 is 14.8 Å². The average molecular weight is 428 g/mol. The van der Waals surface area contributed by atoms with Gasteiger partial charge in [0, 0.05) is 20.2 Å². The van der Waals surface area contributed by atoms with Crippen molar-refractivity contribution in [3.8, 4) is 11.5 Å². The van der Waals surface area contributed by atoms with E-state index in [-0.39, 0.29) is 5.78 Å². The van der Waals surface area contributed by atoms with E-state index in [0.29, 0.717) is 31.1 Å². The van der Waals surface area contributed by atoms with Gasteiger partial charge in [0.1, 0.15) is 0 Å². The number of amides is 1. The minimum Gasteiger partial charge on any atom is -0.493 e. The summed E-state index contributed by atoms with van der Waals surface area (Å²) in [7, 11) is 0.354. The predicted octanol–water partition coefficient (Wildman–Crippen LogP) is 3.77. The first kappa shape index (κ1) is 20.7. The Hall–Kier alpha value is -2.54. The van der Waals surface area contributed by atoms with Crippen molar-refractivity contribution in [2.45, 2.75) is 50.0 Å². The summed E-state index contributed by atoms with van der Waals surface area (Å²) in [4.78, 5) is 24.9. The third kappa shape index (κ3) is 3.45. The zero-order chi connectivity index (χ0) is 21.5. The monoisotopic (exact) mass is 427 g/mol. The maximum absolute atomic E-state index is 12.8. The molecule has 0 fully saturated rings. The third-order valence-electron chi connectivity index (χ3n) is 6.17. The normalized spacial score (nSPS) is 23.4. The minimum absolute atomic E-state index is 0.0593. The topological polar surface area (TPSA) is 73.9 Å². The summed E-state index contributed by atoms with van der Waals surface area (Å²) in [6.45, 7) is 7.57. The van der Waals surface area contributed by atoms with Crippen molar-refractivity contribution in [1.82, 2.24) is 5.32 Å². The Kier molecular flexibility index (Phi) is 5.26. The van der Waals surface area contributed by atoms with E-state index < -0.39 is 25.7 Å². The molecule has 0 saturated carbocycles. The molecule has 1 aromatic carbocycles. The molecule has 160 valence electrons. The van der Waals surface area contributed by atoms with Crippen LogP contribution in [-0.4, -0.2) is 46.3 Å². The maximum Gasteiger partial charge on any atom is 0.407 e. The molecule has 0 saturated heterocycles. The van der Waals surface area contributed by atoms with Gasteiger partial charge in [-0.1, -0.05) is 37.9 Å². The zero-order valence-electron chi connectivity index (χ0n) is 18.0. The van der Waals surface area contributed by atoms with E-state index in [9.17, 15) is 9.59 Å². The van der Waals surface area contributed by atoms with Gasteiger partial charge in [-0.3, -0.25) is 4.79 Å². The average Bonchev–Trinajstić information content (AvgIpc) is 3.04. The van der Waals surface area contributed by atoms with E-state index in [2.05, 4.69) is 31.0 Å². The molecule has 4 rings (SSSR count). The molecule has 0 bridgehead atoms. The van der Waals surface area contributed by atoms with Gasteiger partial charge in [0.05, 0.1) is 19.1 Å². The molecule has 7 heteroatoms. The molecule has 1 N–H and O–H groups in total. The highest BCUT2D eigenvalue weighted by atomic mass is 28.3. The molecule has 6 nitrogen and oxygen atoms in total. The van der Waals surface area contributed by atoms with Crippen LogP contribution in [0.2, 0.25) is 25.7 Å². The van der Waals surface area contributed by atoms with E-state index >= 15 is 0 Å². The number of methoxy groups -OCH3 is 1. The number of benzene rings is 1. The van der Waals surface area contributed by atoms with Crippen molar-refractivity contribution < 1.29 is 23.8 Å². The number of carbonyl (C=O) groups excluding carboxylic acids is 2. The first-order valence-electron chi connectivity index (χ1n) is 10.5. The fourth-order valence-corrected chi connectivity index (χ4v) is 5.34. The summed E-state index contributed by atoms with van der Waals surface area (Å²) in [5.74, 6) is 1.23. The molecule has 0 spiro atoms. The summed E-state index contributed by atoms with van der Waals surface area (Å²) in [5.41, 5.74) is 2.63. The summed E-state index contributed by atoms with van der Waals surface area (Å²) < 4.78 is 17.0.